The number of para-hydroxylation sites is 1. The van der Waals surface area contributed by atoms with Crippen LogP contribution in [0.3, 0.4) is 0 Å². The molecule has 0 radical (unpaired) electrons. The molecule has 0 bridgehead atoms. The Hall–Kier alpha value is -3.98. The molecule has 1 amide bonds. The lowest BCUT2D eigenvalue weighted by Gasteiger charge is -2.30. The summed E-state index contributed by atoms with van der Waals surface area (Å²) in [5.41, 5.74) is 3.11. The van der Waals surface area contributed by atoms with Crippen LogP contribution in [-0.2, 0) is 29.4 Å². The van der Waals surface area contributed by atoms with E-state index in [0.717, 1.165) is 30.4 Å². The molecule has 178 valence electrons. The minimum absolute atomic E-state index is 0.0877. The molecular weight excluding hydrogens is 462 g/mol. The van der Waals surface area contributed by atoms with E-state index in [-0.39, 0.29) is 10.5 Å². The highest BCUT2D eigenvalue weighted by atomic mass is 32.2. The van der Waals surface area contributed by atoms with Crippen LogP contribution in [0.25, 0.3) is 0 Å². The third-order valence-electron chi connectivity index (χ3n) is 6.01. The van der Waals surface area contributed by atoms with Gasteiger partial charge in [0.2, 0.25) is 0 Å². The van der Waals surface area contributed by atoms with E-state index < -0.39 is 15.9 Å². The monoisotopic (exact) mass is 487 g/mol. The smallest absolute Gasteiger partial charge is 0.264 e. The van der Waals surface area contributed by atoms with Crippen LogP contribution in [0, 0.1) is 0 Å². The summed E-state index contributed by atoms with van der Waals surface area (Å²) >= 11 is 0. The van der Waals surface area contributed by atoms with Gasteiger partial charge in [-0.25, -0.2) is 8.42 Å². The van der Waals surface area contributed by atoms with Gasteiger partial charge in [-0.05, 0) is 66.8 Å². The molecule has 9 heteroatoms. The zero-order valence-corrected chi connectivity index (χ0v) is 19.9. The number of nitrogens with zero attached hydrogens (tertiary/aromatic N) is 4. The highest BCUT2D eigenvalue weighted by molar-refractivity contribution is 7.92. The predicted octanol–water partition coefficient (Wildman–Crippen LogP) is 3.91. The van der Waals surface area contributed by atoms with Gasteiger partial charge in [-0.2, -0.15) is 5.10 Å². The molecule has 0 saturated carbocycles. The molecule has 1 aliphatic rings. The van der Waals surface area contributed by atoms with Crippen molar-refractivity contribution in [3.63, 3.8) is 0 Å². The maximum Gasteiger partial charge on any atom is 0.264 e. The summed E-state index contributed by atoms with van der Waals surface area (Å²) in [5.74, 6) is -0.0107. The van der Waals surface area contributed by atoms with Gasteiger partial charge in [-0.3, -0.25) is 18.8 Å². The van der Waals surface area contributed by atoms with Crippen molar-refractivity contribution >= 4 is 27.4 Å². The molecule has 0 spiro atoms. The quantitative estimate of drug-likeness (QED) is 0.426. The molecule has 1 aliphatic heterocycles. The van der Waals surface area contributed by atoms with Gasteiger partial charge in [0.15, 0.2) is 5.82 Å². The van der Waals surface area contributed by atoms with Crippen molar-refractivity contribution in [1.82, 2.24) is 14.8 Å². The average molecular weight is 488 g/mol. The summed E-state index contributed by atoms with van der Waals surface area (Å²) in [5, 5.41) is 7.16. The largest absolute Gasteiger partial charge is 0.305 e. The average Bonchev–Trinajstić information content (AvgIpc) is 3.35. The Morgan fingerprint density at radius 3 is 2.69 bits per heavy atom. The summed E-state index contributed by atoms with van der Waals surface area (Å²) in [7, 11) is -3.80. The lowest BCUT2D eigenvalue weighted by molar-refractivity contribution is 0.102. The van der Waals surface area contributed by atoms with Crippen molar-refractivity contribution in [1.29, 1.82) is 0 Å². The fourth-order valence-corrected chi connectivity index (χ4v) is 5.80. The van der Waals surface area contributed by atoms with E-state index in [9.17, 15) is 13.2 Å². The zero-order chi connectivity index (χ0) is 24.3. The highest BCUT2D eigenvalue weighted by Crippen LogP contribution is 2.32. The number of fused-ring (bicyclic) bond motifs is 1. The van der Waals surface area contributed by atoms with Crippen molar-refractivity contribution in [2.24, 2.45) is 0 Å². The standard InChI is InChI=1S/C26H25N5O3S/c32-26(28-25-13-18-30(29-25)17-12-20-10-14-27-15-11-20)22-6-3-8-23(19-22)35(33,34)31-16-4-7-21-5-1-2-9-24(21)31/h1-3,5-6,8-11,13-15,18-19H,4,7,12,16-17H2,(H,28,29,32). The first-order chi connectivity index (χ1) is 17.0. The Balaban J connectivity index is 1.30. The third kappa shape index (κ3) is 4.95. The Kier molecular flexibility index (Phi) is 6.33. The number of aryl methyl sites for hydroxylation is 3. The van der Waals surface area contributed by atoms with Crippen LogP contribution in [0.2, 0.25) is 0 Å². The van der Waals surface area contributed by atoms with Crippen LogP contribution in [0.15, 0.2) is 90.2 Å². The van der Waals surface area contributed by atoms with Crippen molar-refractivity contribution in [2.75, 3.05) is 16.2 Å². The third-order valence-corrected chi connectivity index (χ3v) is 7.82. The highest BCUT2D eigenvalue weighted by Gasteiger charge is 2.29. The van der Waals surface area contributed by atoms with Crippen LogP contribution in [0.1, 0.15) is 27.9 Å². The minimum Gasteiger partial charge on any atom is -0.305 e. The van der Waals surface area contributed by atoms with Gasteiger partial charge in [-0.15, -0.1) is 0 Å². The molecule has 3 heterocycles. The molecule has 2 aromatic heterocycles. The van der Waals surface area contributed by atoms with Crippen molar-refractivity contribution in [3.8, 4) is 0 Å². The number of nitrogens with one attached hydrogen (secondary N) is 1. The van der Waals surface area contributed by atoms with E-state index >= 15 is 0 Å². The summed E-state index contributed by atoms with van der Waals surface area (Å²) < 4.78 is 30.1. The van der Waals surface area contributed by atoms with Crippen LogP contribution in [0.4, 0.5) is 11.5 Å². The molecule has 35 heavy (non-hydrogen) atoms. The second kappa shape index (κ2) is 9.71. The number of carbonyl (C=O) groups excluding carboxylic acids is 1. The second-order valence-electron chi connectivity index (χ2n) is 8.36. The summed E-state index contributed by atoms with van der Waals surface area (Å²) in [6, 6.07) is 19.3. The van der Waals surface area contributed by atoms with Crippen LogP contribution >= 0.6 is 0 Å². The minimum atomic E-state index is -3.80. The Morgan fingerprint density at radius 1 is 1.00 bits per heavy atom. The van der Waals surface area contributed by atoms with Crippen molar-refractivity contribution < 1.29 is 13.2 Å². The fraction of sp³-hybridized carbons (Fsp3) is 0.192. The van der Waals surface area contributed by atoms with Gasteiger partial charge < -0.3 is 5.32 Å². The molecule has 2 aromatic carbocycles. The number of hydrogen-bond donors (Lipinski definition) is 1. The van der Waals surface area contributed by atoms with Crippen molar-refractivity contribution in [3.05, 3.63) is 102 Å². The topological polar surface area (TPSA) is 97.2 Å². The first kappa shape index (κ1) is 22.8. The lowest BCUT2D eigenvalue weighted by Crippen LogP contribution is -2.35. The number of rotatable bonds is 7. The lowest BCUT2D eigenvalue weighted by atomic mass is 10.0. The predicted molar refractivity (Wildman–Crippen MR) is 134 cm³/mol. The number of hydrogen-bond acceptors (Lipinski definition) is 5. The first-order valence-electron chi connectivity index (χ1n) is 11.5. The van der Waals surface area contributed by atoms with E-state index in [1.54, 1.807) is 41.5 Å². The van der Waals surface area contributed by atoms with E-state index in [1.807, 2.05) is 36.4 Å². The van der Waals surface area contributed by atoms with Gasteiger partial charge in [0.1, 0.15) is 0 Å². The summed E-state index contributed by atoms with van der Waals surface area (Å²) in [4.78, 5) is 17.0. The Labute approximate surface area is 204 Å². The maximum atomic E-state index is 13.4. The number of benzene rings is 2. The number of aromatic nitrogens is 3. The van der Waals surface area contributed by atoms with Crippen LogP contribution in [-0.4, -0.2) is 35.6 Å². The zero-order valence-electron chi connectivity index (χ0n) is 19.0. The molecule has 0 fully saturated rings. The molecule has 1 N–H and O–H groups in total. The summed E-state index contributed by atoms with van der Waals surface area (Å²) in [6.07, 6.45) is 7.69. The number of anilines is 2. The van der Waals surface area contributed by atoms with Gasteiger partial charge >= 0.3 is 0 Å². The molecular formula is C26H25N5O3S. The maximum absolute atomic E-state index is 13.4. The number of pyridine rings is 1. The molecule has 8 nitrogen and oxygen atoms in total. The normalized spacial score (nSPS) is 13.3. The molecule has 5 rings (SSSR count). The van der Waals surface area contributed by atoms with Gasteiger partial charge in [0.05, 0.1) is 10.6 Å². The van der Waals surface area contributed by atoms with E-state index in [1.165, 1.54) is 16.4 Å². The van der Waals surface area contributed by atoms with Crippen LogP contribution in [0.5, 0.6) is 0 Å². The second-order valence-corrected chi connectivity index (χ2v) is 10.2. The van der Waals surface area contributed by atoms with E-state index in [4.69, 9.17) is 0 Å². The molecule has 4 aromatic rings. The SMILES string of the molecule is O=C(Nc1ccn(CCc2ccncc2)n1)c1cccc(S(=O)(=O)N2CCCc3ccccc32)c1. The van der Waals surface area contributed by atoms with Gasteiger partial charge in [0.25, 0.3) is 15.9 Å². The van der Waals surface area contributed by atoms with Crippen LogP contribution < -0.4 is 9.62 Å². The molecule has 0 atom stereocenters. The molecule has 0 saturated heterocycles. The fourth-order valence-electron chi connectivity index (χ4n) is 4.21. The number of sulfonamides is 1. The number of carbonyl (C=O) groups is 1. The Bertz CT molecular complexity index is 1450. The Morgan fingerprint density at radius 2 is 1.83 bits per heavy atom. The summed E-state index contributed by atoms with van der Waals surface area (Å²) in [6.45, 7) is 1.07. The first-order valence-corrected chi connectivity index (χ1v) is 12.9. The van der Waals surface area contributed by atoms with Gasteiger partial charge in [0, 0.05) is 43.3 Å². The van der Waals surface area contributed by atoms with E-state index in [2.05, 4.69) is 15.4 Å². The molecule has 0 unspecified atom stereocenters. The number of amides is 1. The van der Waals surface area contributed by atoms with Crippen molar-refractivity contribution in [2.45, 2.75) is 30.7 Å². The van der Waals surface area contributed by atoms with E-state index in [0.29, 0.717) is 24.6 Å². The van der Waals surface area contributed by atoms with Gasteiger partial charge in [-0.1, -0.05) is 24.3 Å². The molecule has 0 aliphatic carbocycles.